The zero-order chi connectivity index (χ0) is 13.4. The van der Waals surface area contributed by atoms with Gasteiger partial charge in [-0.2, -0.15) is 5.10 Å². The normalized spacial score (nSPS) is 17.8. The summed E-state index contributed by atoms with van der Waals surface area (Å²) in [6.07, 6.45) is 7.98. The fourth-order valence-corrected chi connectivity index (χ4v) is 2.28. The third kappa shape index (κ3) is 1.81. The molecule has 0 fully saturated rings. The van der Waals surface area contributed by atoms with Crippen molar-refractivity contribution in [3.63, 3.8) is 0 Å². The molecule has 6 nitrogen and oxygen atoms in total. The maximum Gasteiger partial charge on any atom is 0.263 e. The largest absolute Gasteiger partial charge is 0.292 e. The number of hydrogen-bond acceptors (Lipinski definition) is 4. The predicted molar refractivity (Wildman–Crippen MR) is 70.3 cm³/mol. The van der Waals surface area contributed by atoms with Crippen LogP contribution in [-0.2, 0) is 11.2 Å². The summed E-state index contributed by atoms with van der Waals surface area (Å²) in [4.78, 5) is 27.1. The zero-order valence-electron chi connectivity index (χ0n) is 10.2. The maximum atomic E-state index is 11.9. The van der Waals surface area contributed by atoms with Gasteiger partial charge in [-0.25, -0.2) is 9.67 Å². The summed E-state index contributed by atoms with van der Waals surface area (Å²) in [6.45, 7) is 3.49. The van der Waals surface area contributed by atoms with Crippen LogP contribution in [0.1, 0.15) is 28.9 Å². The number of nitrogens with zero attached hydrogens (tertiary/aromatic N) is 3. The minimum absolute atomic E-state index is 0.0909. The van der Waals surface area contributed by atoms with Crippen LogP contribution in [0.15, 0.2) is 23.2 Å². The Bertz CT molecular complexity index is 652. The Morgan fingerprint density at radius 2 is 2.21 bits per heavy atom. The van der Waals surface area contributed by atoms with Gasteiger partial charge in [0.05, 0.1) is 17.8 Å². The summed E-state index contributed by atoms with van der Waals surface area (Å²) in [5, 5.41) is 6.60. The fraction of sp³-hybridized carbons (Fsp3) is 0.231. The van der Waals surface area contributed by atoms with Crippen molar-refractivity contribution in [2.24, 2.45) is 4.99 Å². The number of fused-ring (bicyclic) bond motifs is 1. The lowest BCUT2D eigenvalue weighted by atomic mass is 10.1. The van der Waals surface area contributed by atoms with Crippen LogP contribution in [0.5, 0.6) is 0 Å². The van der Waals surface area contributed by atoms with Crippen LogP contribution >= 0.6 is 0 Å². The molecule has 19 heavy (non-hydrogen) atoms. The van der Waals surface area contributed by atoms with Crippen LogP contribution in [-0.4, -0.2) is 28.3 Å². The van der Waals surface area contributed by atoms with Gasteiger partial charge in [-0.1, -0.05) is 12.2 Å². The van der Waals surface area contributed by atoms with Crippen molar-refractivity contribution in [1.29, 1.82) is 0 Å². The molecular weight excluding hydrogens is 244 g/mol. The Morgan fingerprint density at radius 3 is 2.89 bits per heavy atom. The Morgan fingerprint density at radius 1 is 1.37 bits per heavy atom. The average molecular weight is 256 g/mol. The van der Waals surface area contributed by atoms with E-state index in [1.54, 1.807) is 4.68 Å². The van der Waals surface area contributed by atoms with E-state index in [4.69, 9.17) is 0 Å². The third-order valence-electron chi connectivity index (χ3n) is 3.11. The van der Waals surface area contributed by atoms with Crippen molar-refractivity contribution in [2.45, 2.75) is 19.3 Å². The van der Waals surface area contributed by atoms with Gasteiger partial charge in [-0.15, -0.1) is 0 Å². The second kappa shape index (κ2) is 4.31. The molecule has 3 rings (SSSR count). The molecule has 0 spiro atoms. The second-order valence-electron chi connectivity index (χ2n) is 4.38. The molecule has 0 bridgehead atoms. The Labute approximate surface area is 109 Å². The van der Waals surface area contributed by atoms with Crippen molar-refractivity contribution in [2.75, 3.05) is 0 Å². The van der Waals surface area contributed by atoms with Gasteiger partial charge < -0.3 is 0 Å². The highest BCUT2D eigenvalue weighted by Crippen LogP contribution is 2.29. The van der Waals surface area contributed by atoms with E-state index < -0.39 is 5.91 Å². The average Bonchev–Trinajstić information content (AvgIpc) is 2.78. The Balaban J connectivity index is 2.17. The molecule has 0 radical (unpaired) electrons. The van der Waals surface area contributed by atoms with Crippen LogP contribution in [0.4, 0.5) is 5.82 Å². The lowest BCUT2D eigenvalue weighted by molar-refractivity contribution is -0.119. The SMILES string of the molecule is C=Nc1c2c(nn1C1=CCCC=C1)CC(=O)NC2=O. The van der Waals surface area contributed by atoms with Crippen molar-refractivity contribution >= 4 is 30.0 Å². The molecule has 0 atom stereocenters. The molecule has 96 valence electrons. The number of aliphatic imine (C=N–C) groups is 1. The number of carbonyl (C=O) groups is 2. The van der Waals surface area contributed by atoms with Crippen molar-refractivity contribution in [3.8, 4) is 0 Å². The van der Waals surface area contributed by atoms with Crippen LogP contribution < -0.4 is 5.32 Å². The van der Waals surface area contributed by atoms with E-state index in [0.29, 0.717) is 17.1 Å². The Hall–Kier alpha value is -2.50. The molecule has 0 aromatic carbocycles. The van der Waals surface area contributed by atoms with Gasteiger partial charge in [0.15, 0.2) is 5.82 Å². The minimum Gasteiger partial charge on any atom is -0.292 e. The van der Waals surface area contributed by atoms with Crippen molar-refractivity contribution < 1.29 is 9.59 Å². The molecule has 1 aromatic heterocycles. The van der Waals surface area contributed by atoms with E-state index in [1.807, 2.05) is 18.2 Å². The number of nitrogens with one attached hydrogen (secondary N) is 1. The quantitative estimate of drug-likeness (QED) is 0.638. The zero-order valence-corrected chi connectivity index (χ0v) is 10.2. The van der Waals surface area contributed by atoms with Crippen LogP contribution in [0.2, 0.25) is 0 Å². The number of aromatic nitrogens is 2. The predicted octanol–water partition coefficient (Wildman–Crippen LogP) is 1.22. The molecule has 0 unspecified atom stereocenters. The second-order valence-corrected chi connectivity index (χ2v) is 4.38. The molecule has 2 aliphatic rings. The lowest BCUT2D eigenvalue weighted by Gasteiger charge is -2.10. The number of amides is 2. The summed E-state index contributed by atoms with van der Waals surface area (Å²) in [5.41, 5.74) is 1.65. The third-order valence-corrected chi connectivity index (χ3v) is 3.11. The summed E-state index contributed by atoms with van der Waals surface area (Å²) < 4.78 is 1.57. The fourth-order valence-electron chi connectivity index (χ4n) is 2.28. The summed E-state index contributed by atoms with van der Waals surface area (Å²) >= 11 is 0. The van der Waals surface area contributed by atoms with Crippen LogP contribution in [0.3, 0.4) is 0 Å². The summed E-state index contributed by atoms with van der Waals surface area (Å²) in [6, 6.07) is 0. The molecule has 1 aliphatic heterocycles. The standard InChI is InChI=1S/C13H12N4O2/c1-14-12-11-9(7-10(18)15-13(11)19)16-17(12)8-5-3-2-4-6-8/h3,5-6H,1-2,4,7H2,(H,15,18,19). The number of imide groups is 1. The molecule has 0 saturated carbocycles. The highest BCUT2D eigenvalue weighted by molar-refractivity contribution is 6.12. The van der Waals surface area contributed by atoms with Crippen LogP contribution in [0.25, 0.3) is 5.70 Å². The Kier molecular flexibility index (Phi) is 2.63. The highest BCUT2D eigenvalue weighted by Gasteiger charge is 2.30. The maximum absolute atomic E-state index is 11.9. The number of rotatable bonds is 2. The first-order valence-corrected chi connectivity index (χ1v) is 6.00. The molecule has 1 N–H and O–H groups in total. The molecular formula is C13H12N4O2. The molecule has 2 amide bonds. The summed E-state index contributed by atoms with van der Waals surface area (Å²) in [5.74, 6) is -0.413. The van der Waals surface area contributed by atoms with Crippen molar-refractivity contribution in [3.05, 3.63) is 29.5 Å². The van der Waals surface area contributed by atoms with E-state index in [0.717, 1.165) is 18.5 Å². The topological polar surface area (TPSA) is 76.3 Å². The van der Waals surface area contributed by atoms with Gasteiger partial charge in [0.1, 0.15) is 5.56 Å². The molecule has 1 aromatic rings. The van der Waals surface area contributed by atoms with E-state index in [2.05, 4.69) is 22.1 Å². The molecule has 1 aliphatic carbocycles. The van der Waals surface area contributed by atoms with Gasteiger partial charge in [-0.3, -0.25) is 14.9 Å². The van der Waals surface area contributed by atoms with Gasteiger partial charge >= 0.3 is 0 Å². The highest BCUT2D eigenvalue weighted by atomic mass is 16.2. The van der Waals surface area contributed by atoms with Crippen molar-refractivity contribution in [1.82, 2.24) is 15.1 Å². The van der Waals surface area contributed by atoms with E-state index >= 15 is 0 Å². The first kappa shape index (κ1) is 11.6. The summed E-state index contributed by atoms with van der Waals surface area (Å²) in [7, 11) is 0. The number of hydrogen-bond donors (Lipinski definition) is 1. The van der Waals surface area contributed by atoms with Gasteiger partial charge in [0.2, 0.25) is 5.91 Å². The van der Waals surface area contributed by atoms with Gasteiger partial charge in [0.25, 0.3) is 5.91 Å². The molecule has 6 heteroatoms. The van der Waals surface area contributed by atoms with E-state index in [-0.39, 0.29) is 12.3 Å². The van der Waals surface area contributed by atoms with Gasteiger partial charge in [0, 0.05) is 0 Å². The smallest absolute Gasteiger partial charge is 0.263 e. The van der Waals surface area contributed by atoms with Gasteiger partial charge in [-0.05, 0) is 25.6 Å². The molecule has 0 saturated heterocycles. The number of carbonyl (C=O) groups excluding carboxylic acids is 2. The van der Waals surface area contributed by atoms with Crippen LogP contribution in [0, 0.1) is 0 Å². The first-order valence-electron chi connectivity index (χ1n) is 6.00. The first-order chi connectivity index (χ1) is 9.20. The molecule has 2 heterocycles. The van der Waals surface area contributed by atoms with E-state index in [1.165, 1.54) is 0 Å². The monoisotopic (exact) mass is 256 g/mol. The van der Waals surface area contributed by atoms with E-state index in [9.17, 15) is 9.59 Å². The minimum atomic E-state index is -0.458. The lowest BCUT2D eigenvalue weighted by Crippen LogP contribution is -2.36. The number of allylic oxidation sites excluding steroid dienone is 4.